The van der Waals surface area contributed by atoms with Crippen molar-refractivity contribution in [2.45, 2.75) is 45.6 Å². The number of hydrogen-bond donors (Lipinski definition) is 1. The molecule has 1 aliphatic carbocycles. The Hall–Kier alpha value is -1.09. The molecule has 0 amide bonds. The SMILES string of the molecule is Cc1ccc(OCC2CCC2)c(CC(C)N)n1. The number of aryl methyl sites for hydroxylation is 1. The van der Waals surface area contributed by atoms with Crippen LogP contribution in [-0.4, -0.2) is 17.6 Å². The largest absolute Gasteiger partial charge is 0.491 e. The minimum Gasteiger partial charge on any atom is -0.491 e. The summed E-state index contributed by atoms with van der Waals surface area (Å²) >= 11 is 0. The molecule has 3 nitrogen and oxygen atoms in total. The first kappa shape index (κ1) is 12.4. The highest BCUT2D eigenvalue weighted by Crippen LogP contribution is 2.28. The van der Waals surface area contributed by atoms with E-state index in [4.69, 9.17) is 10.5 Å². The molecular formula is C14H22N2O. The Morgan fingerprint density at radius 2 is 2.24 bits per heavy atom. The molecule has 0 radical (unpaired) electrons. The van der Waals surface area contributed by atoms with E-state index in [2.05, 4.69) is 4.98 Å². The third-order valence-electron chi connectivity index (χ3n) is 3.29. The summed E-state index contributed by atoms with van der Waals surface area (Å²) in [5.41, 5.74) is 7.87. The first-order valence-corrected chi connectivity index (χ1v) is 6.50. The van der Waals surface area contributed by atoms with Gasteiger partial charge in [-0.2, -0.15) is 0 Å². The lowest BCUT2D eigenvalue weighted by atomic mass is 9.86. The van der Waals surface area contributed by atoms with Crippen molar-refractivity contribution in [1.29, 1.82) is 0 Å². The predicted octanol–water partition coefficient (Wildman–Crippen LogP) is 2.46. The lowest BCUT2D eigenvalue weighted by Gasteiger charge is -2.25. The summed E-state index contributed by atoms with van der Waals surface area (Å²) in [6.45, 7) is 4.83. The molecule has 0 bridgehead atoms. The Labute approximate surface area is 103 Å². The third kappa shape index (κ3) is 3.43. The Bertz CT molecular complexity index is 372. The molecule has 1 aromatic rings. The monoisotopic (exact) mass is 234 g/mol. The molecule has 0 spiro atoms. The van der Waals surface area contributed by atoms with E-state index in [0.29, 0.717) is 0 Å². The van der Waals surface area contributed by atoms with Crippen molar-refractivity contribution in [3.05, 3.63) is 23.5 Å². The fourth-order valence-corrected chi connectivity index (χ4v) is 2.05. The zero-order valence-corrected chi connectivity index (χ0v) is 10.8. The van der Waals surface area contributed by atoms with Gasteiger partial charge in [-0.05, 0) is 44.7 Å². The van der Waals surface area contributed by atoms with E-state index in [1.807, 2.05) is 26.0 Å². The van der Waals surface area contributed by atoms with Gasteiger partial charge >= 0.3 is 0 Å². The van der Waals surface area contributed by atoms with Crippen LogP contribution in [0.1, 0.15) is 37.6 Å². The zero-order valence-electron chi connectivity index (χ0n) is 10.8. The van der Waals surface area contributed by atoms with Crippen LogP contribution in [0.25, 0.3) is 0 Å². The highest BCUT2D eigenvalue weighted by Gasteiger charge is 2.18. The number of pyridine rings is 1. The first-order chi connectivity index (χ1) is 8.15. The molecule has 1 heterocycles. The summed E-state index contributed by atoms with van der Waals surface area (Å²) in [4.78, 5) is 4.53. The smallest absolute Gasteiger partial charge is 0.140 e. The molecule has 0 aromatic carbocycles. The van der Waals surface area contributed by atoms with E-state index in [1.54, 1.807) is 0 Å². The van der Waals surface area contributed by atoms with Gasteiger partial charge < -0.3 is 10.5 Å². The summed E-state index contributed by atoms with van der Waals surface area (Å²) in [6, 6.07) is 4.15. The van der Waals surface area contributed by atoms with Gasteiger partial charge in [0.25, 0.3) is 0 Å². The molecule has 94 valence electrons. The molecule has 1 atom stereocenters. The van der Waals surface area contributed by atoms with Crippen LogP contribution in [0.4, 0.5) is 0 Å². The van der Waals surface area contributed by atoms with Crippen LogP contribution in [-0.2, 0) is 6.42 Å². The molecule has 1 fully saturated rings. The lowest BCUT2D eigenvalue weighted by Crippen LogP contribution is -2.22. The summed E-state index contributed by atoms with van der Waals surface area (Å²) < 4.78 is 5.88. The van der Waals surface area contributed by atoms with Gasteiger partial charge in [0.15, 0.2) is 0 Å². The van der Waals surface area contributed by atoms with Crippen molar-refractivity contribution >= 4 is 0 Å². The van der Waals surface area contributed by atoms with Gasteiger partial charge in [0.1, 0.15) is 5.75 Å². The van der Waals surface area contributed by atoms with Crippen molar-refractivity contribution in [1.82, 2.24) is 4.98 Å². The van der Waals surface area contributed by atoms with Crippen molar-refractivity contribution in [2.75, 3.05) is 6.61 Å². The van der Waals surface area contributed by atoms with Gasteiger partial charge in [0.2, 0.25) is 0 Å². The van der Waals surface area contributed by atoms with Crippen LogP contribution in [0.15, 0.2) is 12.1 Å². The number of nitrogens with zero attached hydrogens (tertiary/aromatic N) is 1. The van der Waals surface area contributed by atoms with Crippen LogP contribution in [0, 0.1) is 12.8 Å². The maximum Gasteiger partial charge on any atom is 0.140 e. The molecular weight excluding hydrogens is 212 g/mol. The molecule has 2 rings (SSSR count). The minimum atomic E-state index is 0.121. The van der Waals surface area contributed by atoms with E-state index in [-0.39, 0.29) is 6.04 Å². The molecule has 1 unspecified atom stereocenters. The molecule has 0 aliphatic heterocycles. The first-order valence-electron chi connectivity index (χ1n) is 6.50. The molecule has 1 aliphatic rings. The van der Waals surface area contributed by atoms with Gasteiger partial charge in [0.05, 0.1) is 12.3 Å². The van der Waals surface area contributed by atoms with Crippen molar-refractivity contribution in [2.24, 2.45) is 11.7 Å². The van der Waals surface area contributed by atoms with Gasteiger partial charge in [0, 0.05) is 18.2 Å². The van der Waals surface area contributed by atoms with E-state index >= 15 is 0 Å². The van der Waals surface area contributed by atoms with Crippen molar-refractivity contribution < 1.29 is 4.74 Å². The minimum absolute atomic E-state index is 0.121. The third-order valence-corrected chi connectivity index (χ3v) is 3.29. The molecule has 0 saturated heterocycles. The Kier molecular flexibility index (Phi) is 4.00. The number of hydrogen-bond acceptors (Lipinski definition) is 3. The van der Waals surface area contributed by atoms with Gasteiger partial charge in [-0.3, -0.25) is 4.98 Å². The van der Waals surface area contributed by atoms with Gasteiger partial charge in [-0.25, -0.2) is 0 Å². The maximum atomic E-state index is 5.88. The average Bonchev–Trinajstić information content (AvgIpc) is 2.17. The Morgan fingerprint density at radius 1 is 1.47 bits per heavy atom. The van der Waals surface area contributed by atoms with E-state index < -0.39 is 0 Å². The second kappa shape index (κ2) is 5.50. The standard InChI is InChI=1S/C14H22N2O/c1-10(15)8-13-14(7-6-11(2)16-13)17-9-12-4-3-5-12/h6-7,10,12H,3-5,8-9,15H2,1-2H3. The fraction of sp³-hybridized carbons (Fsp3) is 0.643. The highest BCUT2D eigenvalue weighted by molar-refractivity contribution is 5.30. The van der Waals surface area contributed by atoms with Crippen LogP contribution in [0.3, 0.4) is 0 Å². The van der Waals surface area contributed by atoms with Crippen LogP contribution < -0.4 is 10.5 Å². The Morgan fingerprint density at radius 3 is 2.82 bits per heavy atom. The molecule has 2 N–H and O–H groups in total. The quantitative estimate of drug-likeness (QED) is 0.851. The summed E-state index contributed by atoms with van der Waals surface area (Å²) in [6.07, 6.45) is 4.75. The zero-order chi connectivity index (χ0) is 12.3. The van der Waals surface area contributed by atoms with Crippen LogP contribution in [0.2, 0.25) is 0 Å². The molecule has 1 saturated carbocycles. The Balaban J connectivity index is 2.02. The highest BCUT2D eigenvalue weighted by atomic mass is 16.5. The summed E-state index contributed by atoms with van der Waals surface area (Å²) in [5, 5.41) is 0. The number of nitrogens with two attached hydrogens (primary N) is 1. The van der Waals surface area contributed by atoms with E-state index in [9.17, 15) is 0 Å². The second-order valence-corrected chi connectivity index (χ2v) is 5.19. The molecule has 1 aromatic heterocycles. The van der Waals surface area contributed by atoms with Crippen LogP contribution >= 0.6 is 0 Å². The van der Waals surface area contributed by atoms with Crippen molar-refractivity contribution in [3.63, 3.8) is 0 Å². The normalized spacial score (nSPS) is 17.6. The second-order valence-electron chi connectivity index (χ2n) is 5.19. The summed E-state index contributed by atoms with van der Waals surface area (Å²) in [7, 11) is 0. The number of ether oxygens (including phenoxy) is 1. The topological polar surface area (TPSA) is 48.1 Å². The fourth-order valence-electron chi connectivity index (χ4n) is 2.05. The van der Waals surface area contributed by atoms with Gasteiger partial charge in [-0.1, -0.05) is 6.42 Å². The van der Waals surface area contributed by atoms with E-state index in [1.165, 1.54) is 19.3 Å². The predicted molar refractivity (Wildman–Crippen MR) is 69.2 cm³/mol. The van der Waals surface area contributed by atoms with Gasteiger partial charge in [-0.15, -0.1) is 0 Å². The van der Waals surface area contributed by atoms with Crippen molar-refractivity contribution in [3.8, 4) is 5.75 Å². The number of aromatic nitrogens is 1. The number of rotatable bonds is 5. The molecule has 17 heavy (non-hydrogen) atoms. The van der Waals surface area contributed by atoms with Crippen LogP contribution in [0.5, 0.6) is 5.75 Å². The molecule has 3 heteroatoms. The van der Waals surface area contributed by atoms with E-state index in [0.717, 1.165) is 36.1 Å². The maximum absolute atomic E-state index is 5.88. The summed E-state index contributed by atoms with van der Waals surface area (Å²) in [5.74, 6) is 1.67. The lowest BCUT2D eigenvalue weighted by molar-refractivity contribution is 0.178. The average molecular weight is 234 g/mol.